The number of nitrogens with one attached hydrogen (secondary N) is 1. The summed E-state index contributed by atoms with van der Waals surface area (Å²) >= 11 is 0. The van der Waals surface area contributed by atoms with Crippen LogP contribution < -0.4 is 10.1 Å². The van der Waals surface area contributed by atoms with Gasteiger partial charge in [-0.3, -0.25) is 4.98 Å². The first-order chi connectivity index (χ1) is 9.83. The van der Waals surface area contributed by atoms with E-state index in [-0.39, 0.29) is 0 Å². The van der Waals surface area contributed by atoms with E-state index in [9.17, 15) is 0 Å². The second-order valence-corrected chi connectivity index (χ2v) is 5.77. The van der Waals surface area contributed by atoms with E-state index in [4.69, 9.17) is 4.74 Å². The Morgan fingerprint density at radius 1 is 1.35 bits per heavy atom. The maximum absolute atomic E-state index is 5.78. The molecule has 1 saturated carbocycles. The number of pyridine rings is 1. The fraction of sp³-hybridized carbons (Fsp3) is 0.706. The van der Waals surface area contributed by atoms with Gasteiger partial charge in [0.2, 0.25) is 0 Å². The molecule has 0 amide bonds. The average Bonchev–Trinajstić information content (AvgIpc) is 2.44. The first kappa shape index (κ1) is 15.3. The fourth-order valence-electron chi connectivity index (χ4n) is 2.58. The summed E-state index contributed by atoms with van der Waals surface area (Å²) in [6.07, 6.45) is 9.46. The zero-order chi connectivity index (χ0) is 14.2. The number of nitrogens with zero attached hydrogens (tertiary/aromatic N) is 1. The first-order valence-electron chi connectivity index (χ1n) is 8.15. The van der Waals surface area contributed by atoms with Crippen LogP contribution in [0.2, 0.25) is 0 Å². The van der Waals surface area contributed by atoms with Gasteiger partial charge in [0.05, 0.1) is 18.5 Å². The lowest BCUT2D eigenvalue weighted by atomic mass is 9.83. The van der Waals surface area contributed by atoms with Crippen molar-refractivity contribution in [3.8, 4) is 5.75 Å². The van der Waals surface area contributed by atoms with Crippen LogP contribution in [0.3, 0.4) is 0 Å². The van der Waals surface area contributed by atoms with E-state index in [1.807, 2.05) is 6.20 Å². The lowest BCUT2D eigenvalue weighted by molar-refractivity contribution is 0.221. The van der Waals surface area contributed by atoms with Crippen molar-refractivity contribution in [3.05, 3.63) is 24.0 Å². The third kappa shape index (κ3) is 4.48. The lowest BCUT2D eigenvalue weighted by Gasteiger charge is -2.25. The van der Waals surface area contributed by atoms with Crippen molar-refractivity contribution in [2.45, 2.75) is 58.4 Å². The predicted molar refractivity (Wildman–Crippen MR) is 83.0 cm³/mol. The molecular weight excluding hydrogens is 248 g/mol. The molecule has 1 atom stereocenters. The molecule has 0 radical (unpaired) electrons. The van der Waals surface area contributed by atoms with Gasteiger partial charge in [0.25, 0.3) is 0 Å². The topological polar surface area (TPSA) is 34.1 Å². The van der Waals surface area contributed by atoms with Crippen LogP contribution in [0.1, 0.15) is 64.1 Å². The summed E-state index contributed by atoms with van der Waals surface area (Å²) in [5.41, 5.74) is 1.12. The van der Waals surface area contributed by atoms with Crippen LogP contribution in [-0.4, -0.2) is 18.1 Å². The smallest absolute Gasteiger partial charge is 0.137 e. The normalized spacial score (nSPS) is 16.7. The van der Waals surface area contributed by atoms with E-state index in [1.54, 1.807) is 0 Å². The van der Waals surface area contributed by atoms with Gasteiger partial charge < -0.3 is 10.1 Å². The molecular formula is C17H28N2O. The molecule has 1 fully saturated rings. The number of hydrogen-bond acceptors (Lipinski definition) is 3. The van der Waals surface area contributed by atoms with Crippen LogP contribution in [0, 0.1) is 5.92 Å². The maximum Gasteiger partial charge on any atom is 0.137 e. The molecule has 1 heterocycles. The average molecular weight is 276 g/mol. The van der Waals surface area contributed by atoms with Crippen LogP contribution in [0.15, 0.2) is 18.3 Å². The first-order valence-corrected chi connectivity index (χ1v) is 8.15. The largest absolute Gasteiger partial charge is 0.492 e. The lowest BCUT2D eigenvalue weighted by Crippen LogP contribution is -2.22. The summed E-state index contributed by atoms with van der Waals surface area (Å²) in [6, 6.07) is 4.51. The highest BCUT2D eigenvalue weighted by Crippen LogP contribution is 2.29. The number of rotatable bonds is 9. The molecule has 112 valence electrons. The van der Waals surface area contributed by atoms with Gasteiger partial charge in [0.15, 0.2) is 0 Å². The zero-order valence-electron chi connectivity index (χ0n) is 12.9. The van der Waals surface area contributed by atoms with Crippen LogP contribution in [0.25, 0.3) is 0 Å². The second kappa shape index (κ2) is 8.25. The number of hydrogen-bond donors (Lipinski definition) is 1. The van der Waals surface area contributed by atoms with Gasteiger partial charge in [0, 0.05) is 6.04 Å². The van der Waals surface area contributed by atoms with Crippen LogP contribution in [0.5, 0.6) is 5.75 Å². The molecule has 3 nitrogen and oxygen atoms in total. The van der Waals surface area contributed by atoms with E-state index in [1.165, 1.54) is 25.7 Å². The molecule has 0 spiro atoms. The van der Waals surface area contributed by atoms with E-state index in [0.717, 1.165) is 43.4 Å². The van der Waals surface area contributed by atoms with E-state index < -0.39 is 0 Å². The van der Waals surface area contributed by atoms with E-state index in [2.05, 4.69) is 36.3 Å². The summed E-state index contributed by atoms with van der Waals surface area (Å²) in [5.74, 6) is 1.81. The van der Waals surface area contributed by atoms with Crippen molar-refractivity contribution in [1.29, 1.82) is 0 Å². The van der Waals surface area contributed by atoms with Crippen molar-refractivity contribution in [2.75, 3.05) is 13.2 Å². The second-order valence-electron chi connectivity index (χ2n) is 5.77. The molecule has 3 heteroatoms. The summed E-state index contributed by atoms with van der Waals surface area (Å²) in [4.78, 5) is 4.55. The molecule has 20 heavy (non-hydrogen) atoms. The van der Waals surface area contributed by atoms with Crippen LogP contribution in [0.4, 0.5) is 0 Å². The van der Waals surface area contributed by atoms with E-state index in [0.29, 0.717) is 6.04 Å². The monoisotopic (exact) mass is 276 g/mol. The molecule has 1 aliphatic rings. The van der Waals surface area contributed by atoms with Gasteiger partial charge >= 0.3 is 0 Å². The Kier molecular flexibility index (Phi) is 6.31. The van der Waals surface area contributed by atoms with Crippen LogP contribution >= 0.6 is 0 Å². The molecule has 0 aliphatic heterocycles. The third-order valence-electron chi connectivity index (χ3n) is 4.18. The predicted octanol–water partition coefficient (Wildman–Crippen LogP) is 4.10. The Balaban J connectivity index is 1.78. The minimum absolute atomic E-state index is 0.360. The highest BCUT2D eigenvalue weighted by atomic mass is 16.5. The molecule has 2 rings (SSSR count). The minimum atomic E-state index is 0.360. The highest BCUT2D eigenvalue weighted by Gasteiger charge is 2.17. The van der Waals surface area contributed by atoms with Crippen LogP contribution in [-0.2, 0) is 0 Å². The van der Waals surface area contributed by atoms with Crippen molar-refractivity contribution in [1.82, 2.24) is 10.3 Å². The van der Waals surface area contributed by atoms with Crippen molar-refractivity contribution < 1.29 is 4.74 Å². The van der Waals surface area contributed by atoms with Gasteiger partial charge in [-0.2, -0.15) is 0 Å². The number of ether oxygens (including phenoxy) is 1. The zero-order valence-corrected chi connectivity index (χ0v) is 12.9. The fourth-order valence-corrected chi connectivity index (χ4v) is 2.58. The Bertz CT molecular complexity index is 373. The standard InChI is InChI=1S/C17H28N2O/c1-3-11-18-16(4-2)17-9-8-15(13-19-17)20-12-10-14-6-5-7-14/h8-9,13-14,16,18H,3-7,10-12H2,1-2H3. The molecule has 0 bridgehead atoms. The summed E-state index contributed by atoms with van der Waals surface area (Å²) in [7, 11) is 0. The quantitative estimate of drug-likeness (QED) is 0.737. The summed E-state index contributed by atoms with van der Waals surface area (Å²) in [5, 5.41) is 3.52. The minimum Gasteiger partial charge on any atom is -0.492 e. The van der Waals surface area contributed by atoms with Crippen molar-refractivity contribution in [2.24, 2.45) is 5.92 Å². The van der Waals surface area contributed by atoms with Gasteiger partial charge in [-0.05, 0) is 43.9 Å². The SMILES string of the molecule is CCCNC(CC)c1ccc(OCCC2CCC2)cn1. The molecule has 1 aromatic rings. The van der Waals surface area contributed by atoms with Gasteiger partial charge in [-0.1, -0.05) is 33.1 Å². The third-order valence-corrected chi connectivity index (χ3v) is 4.18. The van der Waals surface area contributed by atoms with Crippen molar-refractivity contribution in [3.63, 3.8) is 0 Å². The van der Waals surface area contributed by atoms with Gasteiger partial charge in [-0.25, -0.2) is 0 Å². The van der Waals surface area contributed by atoms with E-state index >= 15 is 0 Å². The molecule has 1 aliphatic carbocycles. The Hall–Kier alpha value is -1.09. The Morgan fingerprint density at radius 3 is 2.75 bits per heavy atom. The molecule has 1 aromatic heterocycles. The number of aromatic nitrogens is 1. The molecule has 1 unspecified atom stereocenters. The molecule has 0 aromatic carbocycles. The maximum atomic E-state index is 5.78. The Morgan fingerprint density at radius 2 is 2.20 bits per heavy atom. The Labute approximate surface area is 123 Å². The molecule has 0 saturated heterocycles. The molecule has 1 N–H and O–H groups in total. The summed E-state index contributed by atoms with van der Waals surface area (Å²) < 4.78 is 5.78. The van der Waals surface area contributed by atoms with Gasteiger partial charge in [0.1, 0.15) is 5.75 Å². The highest BCUT2D eigenvalue weighted by molar-refractivity contribution is 5.21. The van der Waals surface area contributed by atoms with Gasteiger partial charge in [-0.15, -0.1) is 0 Å². The van der Waals surface area contributed by atoms with Crippen molar-refractivity contribution >= 4 is 0 Å². The summed E-state index contributed by atoms with van der Waals surface area (Å²) in [6.45, 7) is 6.25.